The second-order valence-electron chi connectivity index (χ2n) is 6.66. The molecule has 0 bridgehead atoms. The quantitative estimate of drug-likeness (QED) is 0.667. The minimum Gasteiger partial charge on any atom is -0.485 e. The lowest BCUT2D eigenvalue weighted by molar-refractivity contribution is 0.00712. The number of rotatable bonds is 4. The molecule has 0 aliphatic heterocycles. The van der Waals surface area contributed by atoms with E-state index in [-0.39, 0.29) is 38.9 Å². The maximum absolute atomic E-state index is 13.8. The van der Waals surface area contributed by atoms with Crippen molar-refractivity contribution >= 4 is 49.5 Å². The van der Waals surface area contributed by atoms with Crippen LogP contribution in [0.5, 0.6) is 5.75 Å². The van der Waals surface area contributed by atoms with Crippen LogP contribution < -0.4 is 10.1 Å². The number of benzene rings is 1. The topological polar surface area (TPSA) is 72.2 Å². The fourth-order valence-corrected chi connectivity index (χ4v) is 3.41. The lowest BCUT2D eigenvalue weighted by atomic mass is 9.95. The Morgan fingerprint density at radius 2 is 1.96 bits per heavy atom. The number of aromatic nitrogens is 3. The Hall–Kier alpha value is -1.97. The summed E-state index contributed by atoms with van der Waals surface area (Å²) in [6, 6.07) is 6.24. The molecule has 1 fully saturated rings. The predicted octanol–water partition coefficient (Wildman–Crippen LogP) is 3.76. The van der Waals surface area contributed by atoms with Crippen LogP contribution in [0.3, 0.4) is 0 Å². The molecule has 0 unspecified atom stereocenters. The number of halogens is 1. The van der Waals surface area contributed by atoms with Crippen LogP contribution in [0.2, 0.25) is 0 Å². The van der Waals surface area contributed by atoms with Gasteiger partial charge in [-0.3, -0.25) is 0 Å². The number of fused-ring (bicyclic) bond motifs is 1. The van der Waals surface area contributed by atoms with Crippen molar-refractivity contribution in [1.82, 2.24) is 14.5 Å². The van der Waals surface area contributed by atoms with Crippen molar-refractivity contribution in [3.8, 4) is 5.75 Å². The summed E-state index contributed by atoms with van der Waals surface area (Å²) in [6.07, 6.45) is 5.98. The predicted molar refractivity (Wildman–Crippen MR) is 118 cm³/mol. The van der Waals surface area contributed by atoms with E-state index in [1.54, 1.807) is 6.07 Å². The van der Waals surface area contributed by atoms with Crippen molar-refractivity contribution < 1.29 is 14.2 Å². The highest BCUT2D eigenvalue weighted by molar-refractivity contribution is 7.59. The van der Waals surface area contributed by atoms with E-state index in [1.807, 2.05) is 23.9 Å². The maximum atomic E-state index is 13.8. The average Bonchev–Trinajstić information content (AvgIpc) is 3.01. The van der Waals surface area contributed by atoms with E-state index < -0.39 is 6.10 Å². The average molecular weight is 425 g/mol. The fraction of sp³-hybridized carbons (Fsp3) is 0.368. The molecule has 0 radical (unpaired) electrons. The van der Waals surface area contributed by atoms with Crippen LogP contribution in [-0.2, 0) is 7.05 Å². The van der Waals surface area contributed by atoms with Gasteiger partial charge in [0.15, 0.2) is 5.82 Å². The first-order chi connectivity index (χ1) is 12.6. The van der Waals surface area contributed by atoms with Gasteiger partial charge >= 0.3 is 0 Å². The standard InChI is InChI=1S/C19H21FN4O2.2H2S/c1-24-9-8-14-18(24)19(22-11-21-14)23-13-7-6-12(20)10-17(13)26-16-5-3-2-4-15(16)25;;/h6-11,15-16,25H,2-5H2,1H3,(H,21,22,23);2*1H2/t15-,16-;;/m0../s1. The van der Waals surface area contributed by atoms with Gasteiger partial charge in [-0.05, 0) is 37.5 Å². The van der Waals surface area contributed by atoms with Gasteiger partial charge in [0, 0.05) is 19.3 Å². The summed E-state index contributed by atoms with van der Waals surface area (Å²) in [7, 11) is 1.91. The highest BCUT2D eigenvalue weighted by atomic mass is 32.1. The SMILES string of the molecule is Cn1ccc2ncnc(Nc3ccc(F)cc3O[C@H]3CCCC[C@@H]3O)c21.S.S. The number of ether oxygens (including phenoxy) is 1. The number of anilines is 2. The first kappa shape index (κ1) is 22.3. The molecule has 0 amide bonds. The molecular weight excluding hydrogens is 399 g/mol. The molecule has 4 rings (SSSR count). The first-order valence-electron chi connectivity index (χ1n) is 8.79. The van der Waals surface area contributed by atoms with Crippen molar-refractivity contribution in [2.45, 2.75) is 37.9 Å². The van der Waals surface area contributed by atoms with Crippen molar-refractivity contribution in [1.29, 1.82) is 0 Å². The molecule has 1 saturated carbocycles. The van der Waals surface area contributed by atoms with Gasteiger partial charge < -0.3 is 19.7 Å². The van der Waals surface area contributed by atoms with Gasteiger partial charge in [0.05, 0.1) is 17.3 Å². The van der Waals surface area contributed by atoms with Gasteiger partial charge in [-0.15, -0.1) is 0 Å². The summed E-state index contributed by atoms with van der Waals surface area (Å²) >= 11 is 0. The molecule has 2 atom stereocenters. The van der Waals surface area contributed by atoms with Gasteiger partial charge in [-0.1, -0.05) is 6.42 Å². The monoisotopic (exact) mass is 424 g/mol. The second kappa shape index (κ2) is 9.49. The van der Waals surface area contributed by atoms with E-state index in [9.17, 15) is 9.50 Å². The molecule has 1 aliphatic carbocycles. The van der Waals surface area contributed by atoms with E-state index in [0.717, 1.165) is 30.3 Å². The maximum Gasteiger partial charge on any atom is 0.158 e. The number of hydrogen-bond donors (Lipinski definition) is 2. The van der Waals surface area contributed by atoms with Gasteiger partial charge in [-0.2, -0.15) is 27.0 Å². The molecule has 1 aromatic carbocycles. The van der Waals surface area contributed by atoms with Crippen LogP contribution in [-0.4, -0.2) is 31.8 Å². The minimum atomic E-state index is -0.529. The van der Waals surface area contributed by atoms with Gasteiger partial charge in [0.25, 0.3) is 0 Å². The van der Waals surface area contributed by atoms with Crippen LogP contribution >= 0.6 is 27.0 Å². The van der Waals surface area contributed by atoms with E-state index >= 15 is 0 Å². The zero-order valence-corrected chi connectivity index (χ0v) is 17.5. The molecule has 0 saturated heterocycles. The van der Waals surface area contributed by atoms with E-state index in [4.69, 9.17) is 4.74 Å². The molecule has 2 aromatic heterocycles. The van der Waals surface area contributed by atoms with Crippen LogP contribution in [0.4, 0.5) is 15.9 Å². The number of hydrogen-bond acceptors (Lipinski definition) is 5. The van der Waals surface area contributed by atoms with E-state index in [1.165, 1.54) is 18.5 Å². The summed E-state index contributed by atoms with van der Waals surface area (Å²) in [5.74, 6) is 0.600. The second-order valence-corrected chi connectivity index (χ2v) is 6.66. The van der Waals surface area contributed by atoms with Crippen molar-refractivity contribution in [3.05, 3.63) is 42.6 Å². The Kier molecular flexibility index (Phi) is 7.56. The Bertz CT molecular complexity index is 937. The molecule has 2 N–H and O–H groups in total. The summed E-state index contributed by atoms with van der Waals surface area (Å²) in [5.41, 5.74) is 2.27. The molecule has 6 nitrogen and oxygen atoms in total. The van der Waals surface area contributed by atoms with Crippen molar-refractivity contribution in [2.75, 3.05) is 5.32 Å². The van der Waals surface area contributed by atoms with Crippen LogP contribution in [0, 0.1) is 5.82 Å². The van der Waals surface area contributed by atoms with Crippen molar-refractivity contribution in [2.24, 2.45) is 7.05 Å². The van der Waals surface area contributed by atoms with Crippen LogP contribution in [0.25, 0.3) is 11.0 Å². The Balaban J connectivity index is 0.00000140. The lowest BCUT2D eigenvalue weighted by Gasteiger charge is -2.29. The van der Waals surface area contributed by atoms with E-state index in [2.05, 4.69) is 15.3 Å². The number of aryl methyl sites for hydroxylation is 1. The van der Waals surface area contributed by atoms with Crippen molar-refractivity contribution in [3.63, 3.8) is 0 Å². The molecule has 3 aromatic rings. The zero-order chi connectivity index (χ0) is 18.1. The minimum absolute atomic E-state index is 0. The molecule has 28 heavy (non-hydrogen) atoms. The summed E-state index contributed by atoms with van der Waals surface area (Å²) in [4.78, 5) is 8.57. The number of nitrogens with zero attached hydrogens (tertiary/aromatic N) is 3. The van der Waals surface area contributed by atoms with Gasteiger partial charge in [0.2, 0.25) is 0 Å². The largest absolute Gasteiger partial charge is 0.485 e. The van der Waals surface area contributed by atoms with E-state index in [0.29, 0.717) is 23.7 Å². The Morgan fingerprint density at radius 1 is 1.18 bits per heavy atom. The molecule has 152 valence electrons. The first-order valence-corrected chi connectivity index (χ1v) is 8.79. The summed E-state index contributed by atoms with van der Waals surface area (Å²) < 4.78 is 21.7. The fourth-order valence-electron chi connectivity index (χ4n) is 3.41. The third kappa shape index (κ3) is 4.53. The number of aliphatic hydroxyl groups excluding tert-OH is 1. The third-order valence-electron chi connectivity index (χ3n) is 4.80. The zero-order valence-electron chi connectivity index (χ0n) is 15.5. The lowest BCUT2D eigenvalue weighted by Crippen LogP contribution is -2.34. The van der Waals surface area contributed by atoms with Crippen LogP contribution in [0.15, 0.2) is 36.8 Å². The highest BCUT2D eigenvalue weighted by Crippen LogP contribution is 2.33. The molecule has 9 heteroatoms. The highest BCUT2D eigenvalue weighted by Gasteiger charge is 2.26. The van der Waals surface area contributed by atoms with Crippen LogP contribution in [0.1, 0.15) is 25.7 Å². The number of aliphatic hydroxyl groups is 1. The van der Waals surface area contributed by atoms with Gasteiger partial charge in [0.1, 0.15) is 29.5 Å². The smallest absolute Gasteiger partial charge is 0.158 e. The molecule has 1 aliphatic rings. The normalized spacial score (nSPS) is 18.8. The molecular formula is C19H25FN4O2S2. The molecule has 0 spiro atoms. The number of nitrogens with one attached hydrogen (secondary N) is 1. The Morgan fingerprint density at radius 3 is 2.75 bits per heavy atom. The summed E-state index contributed by atoms with van der Waals surface area (Å²) in [5, 5.41) is 13.4. The summed E-state index contributed by atoms with van der Waals surface area (Å²) in [6.45, 7) is 0. The van der Waals surface area contributed by atoms with Gasteiger partial charge in [-0.25, -0.2) is 14.4 Å². The Labute approximate surface area is 177 Å². The molecule has 2 heterocycles. The third-order valence-corrected chi connectivity index (χ3v) is 4.80.